The van der Waals surface area contributed by atoms with E-state index in [1.807, 2.05) is 0 Å². The Balaban J connectivity index is 2.20. The number of carbonyl (C=O) groups is 2. The van der Waals surface area contributed by atoms with Crippen molar-refractivity contribution in [1.82, 2.24) is 0 Å². The average Bonchev–Trinajstić information content (AvgIpc) is 2.76. The zero-order valence-electron chi connectivity index (χ0n) is 9.01. The van der Waals surface area contributed by atoms with Crippen molar-refractivity contribution >= 4 is 29.2 Å². The molecule has 2 rings (SSSR count). The summed E-state index contributed by atoms with van der Waals surface area (Å²) in [6.45, 7) is 0. The number of rotatable bonds is 3. The summed E-state index contributed by atoms with van der Waals surface area (Å²) in [5.74, 6) is -1.52. The van der Waals surface area contributed by atoms with Gasteiger partial charge in [-0.25, -0.2) is 4.79 Å². The first kappa shape index (κ1) is 12.2. The lowest BCUT2D eigenvalue weighted by molar-refractivity contribution is 0.0696. The Kier molecular flexibility index (Phi) is 3.34. The highest BCUT2D eigenvalue weighted by Gasteiger charge is 2.13. The van der Waals surface area contributed by atoms with Crippen molar-refractivity contribution in [2.75, 3.05) is 5.32 Å². The van der Waals surface area contributed by atoms with E-state index in [1.165, 1.54) is 30.5 Å². The fourth-order valence-electron chi connectivity index (χ4n) is 1.38. The number of nitrogens with one attached hydrogen (secondary N) is 1. The molecule has 0 fully saturated rings. The van der Waals surface area contributed by atoms with Gasteiger partial charge in [0.15, 0.2) is 0 Å². The molecule has 0 aliphatic heterocycles. The maximum atomic E-state index is 11.8. The lowest BCUT2D eigenvalue weighted by Crippen LogP contribution is -2.11. The molecule has 2 aromatic rings. The Morgan fingerprint density at radius 2 is 2.06 bits per heavy atom. The highest BCUT2D eigenvalue weighted by atomic mass is 35.5. The highest BCUT2D eigenvalue weighted by molar-refractivity contribution is 6.32. The number of hydrogen-bond acceptors (Lipinski definition) is 3. The van der Waals surface area contributed by atoms with E-state index in [0.29, 0.717) is 5.69 Å². The zero-order valence-corrected chi connectivity index (χ0v) is 9.77. The second-order valence-corrected chi connectivity index (χ2v) is 3.79. The molecule has 6 heteroatoms. The molecule has 0 bridgehead atoms. The van der Waals surface area contributed by atoms with Gasteiger partial charge in [0.1, 0.15) is 0 Å². The standard InChI is InChI=1S/C12H8ClNO4/c13-10-9(4-5-18-10)11(15)14-8-3-1-2-7(6-8)12(16)17/h1-6H,(H,14,15)(H,16,17). The van der Waals surface area contributed by atoms with Crippen LogP contribution in [0, 0.1) is 0 Å². The SMILES string of the molecule is O=C(O)c1cccc(NC(=O)c2ccoc2Cl)c1. The monoisotopic (exact) mass is 265 g/mol. The number of carboxylic acids is 1. The predicted octanol–water partition coefficient (Wildman–Crippen LogP) is 2.88. The molecule has 2 N–H and O–H groups in total. The van der Waals surface area contributed by atoms with Crippen LogP contribution in [0.2, 0.25) is 5.22 Å². The van der Waals surface area contributed by atoms with Crippen LogP contribution in [0.25, 0.3) is 0 Å². The minimum Gasteiger partial charge on any atom is -0.478 e. The van der Waals surface area contributed by atoms with Crippen LogP contribution >= 0.6 is 11.6 Å². The Hall–Kier alpha value is -2.27. The number of anilines is 1. The first-order chi connectivity index (χ1) is 8.58. The number of hydrogen-bond donors (Lipinski definition) is 2. The van der Waals surface area contributed by atoms with Crippen molar-refractivity contribution in [1.29, 1.82) is 0 Å². The molecular weight excluding hydrogens is 258 g/mol. The topological polar surface area (TPSA) is 79.5 Å². The molecule has 1 aromatic carbocycles. The van der Waals surface area contributed by atoms with Crippen LogP contribution in [0.4, 0.5) is 5.69 Å². The van der Waals surface area contributed by atoms with Gasteiger partial charge in [-0.15, -0.1) is 0 Å². The minimum absolute atomic E-state index is 0.0121. The molecule has 5 nitrogen and oxygen atoms in total. The van der Waals surface area contributed by atoms with Crippen molar-refractivity contribution in [3.63, 3.8) is 0 Å². The number of halogens is 1. The van der Waals surface area contributed by atoms with Crippen LogP contribution in [-0.2, 0) is 0 Å². The molecule has 0 aliphatic rings. The van der Waals surface area contributed by atoms with Crippen LogP contribution < -0.4 is 5.32 Å². The zero-order chi connectivity index (χ0) is 13.1. The molecule has 1 heterocycles. The van der Waals surface area contributed by atoms with Gasteiger partial charge in [-0.3, -0.25) is 4.79 Å². The molecule has 18 heavy (non-hydrogen) atoms. The third-order valence-electron chi connectivity index (χ3n) is 2.23. The average molecular weight is 266 g/mol. The summed E-state index contributed by atoms with van der Waals surface area (Å²) >= 11 is 5.66. The van der Waals surface area contributed by atoms with E-state index in [-0.39, 0.29) is 16.3 Å². The molecule has 0 unspecified atom stereocenters. The van der Waals surface area contributed by atoms with Crippen molar-refractivity contribution in [2.45, 2.75) is 0 Å². The van der Waals surface area contributed by atoms with E-state index in [1.54, 1.807) is 6.07 Å². The number of furan rings is 1. The lowest BCUT2D eigenvalue weighted by Gasteiger charge is -2.04. The van der Waals surface area contributed by atoms with Crippen molar-refractivity contribution in [2.24, 2.45) is 0 Å². The lowest BCUT2D eigenvalue weighted by atomic mass is 10.2. The van der Waals surface area contributed by atoms with Crippen molar-refractivity contribution in [3.8, 4) is 0 Å². The largest absolute Gasteiger partial charge is 0.478 e. The number of carboxylic acid groups (broad SMARTS) is 1. The summed E-state index contributed by atoms with van der Waals surface area (Å²) in [5.41, 5.74) is 0.653. The molecule has 0 radical (unpaired) electrons. The van der Waals surface area contributed by atoms with Crippen LogP contribution in [0.3, 0.4) is 0 Å². The molecule has 1 aromatic heterocycles. The third kappa shape index (κ3) is 2.52. The predicted molar refractivity (Wildman–Crippen MR) is 65.1 cm³/mol. The summed E-state index contributed by atoms with van der Waals surface area (Å²) < 4.78 is 4.80. The van der Waals surface area contributed by atoms with E-state index < -0.39 is 11.9 Å². The molecule has 0 aliphatic carbocycles. The summed E-state index contributed by atoms with van der Waals surface area (Å²) in [6.07, 6.45) is 1.30. The van der Waals surface area contributed by atoms with Crippen LogP contribution in [-0.4, -0.2) is 17.0 Å². The van der Waals surface area contributed by atoms with Crippen LogP contribution in [0.15, 0.2) is 41.0 Å². The van der Waals surface area contributed by atoms with E-state index in [0.717, 1.165) is 0 Å². The van der Waals surface area contributed by atoms with E-state index in [2.05, 4.69) is 5.32 Å². The molecule has 1 amide bonds. The van der Waals surface area contributed by atoms with Gasteiger partial charge >= 0.3 is 5.97 Å². The number of carbonyl (C=O) groups excluding carboxylic acids is 1. The smallest absolute Gasteiger partial charge is 0.335 e. The van der Waals surface area contributed by atoms with Gasteiger partial charge in [-0.1, -0.05) is 6.07 Å². The fourth-order valence-corrected chi connectivity index (χ4v) is 1.58. The summed E-state index contributed by atoms with van der Waals surface area (Å²) in [6, 6.07) is 7.34. The Morgan fingerprint density at radius 3 is 2.67 bits per heavy atom. The normalized spacial score (nSPS) is 10.1. The molecule has 0 atom stereocenters. The quantitative estimate of drug-likeness (QED) is 0.894. The summed E-state index contributed by atoms with van der Waals surface area (Å²) in [5, 5.41) is 11.3. The first-order valence-electron chi connectivity index (χ1n) is 4.95. The fraction of sp³-hybridized carbons (Fsp3) is 0. The maximum Gasteiger partial charge on any atom is 0.335 e. The van der Waals surface area contributed by atoms with Gasteiger partial charge in [-0.2, -0.15) is 0 Å². The third-order valence-corrected chi connectivity index (χ3v) is 2.52. The Bertz CT molecular complexity index is 606. The highest BCUT2D eigenvalue weighted by Crippen LogP contribution is 2.19. The number of benzene rings is 1. The Morgan fingerprint density at radius 1 is 1.28 bits per heavy atom. The molecule has 0 saturated heterocycles. The number of amides is 1. The molecule has 0 spiro atoms. The Labute approximate surface area is 107 Å². The maximum absolute atomic E-state index is 11.8. The summed E-state index contributed by atoms with van der Waals surface area (Å²) in [4.78, 5) is 22.5. The van der Waals surface area contributed by atoms with Gasteiger partial charge in [0.25, 0.3) is 5.91 Å². The van der Waals surface area contributed by atoms with E-state index >= 15 is 0 Å². The second-order valence-electron chi connectivity index (χ2n) is 3.45. The van der Waals surface area contributed by atoms with Gasteiger partial charge < -0.3 is 14.8 Å². The van der Waals surface area contributed by atoms with Gasteiger partial charge in [-0.05, 0) is 35.9 Å². The van der Waals surface area contributed by atoms with Crippen molar-refractivity contribution < 1.29 is 19.1 Å². The van der Waals surface area contributed by atoms with E-state index in [4.69, 9.17) is 21.1 Å². The van der Waals surface area contributed by atoms with Crippen LogP contribution in [0.5, 0.6) is 0 Å². The van der Waals surface area contributed by atoms with Gasteiger partial charge in [0, 0.05) is 5.69 Å². The van der Waals surface area contributed by atoms with Crippen molar-refractivity contribution in [3.05, 3.63) is 52.9 Å². The first-order valence-corrected chi connectivity index (χ1v) is 5.33. The van der Waals surface area contributed by atoms with E-state index in [9.17, 15) is 9.59 Å². The summed E-state index contributed by atoms with van der Waals surface area (Å²) in [7, 11) is 0. The molecule has 0 saturated carbocycles. The van der Waals surface area contributed by atoms with Gasteiger partial charge in [0.2, 0.25) is 5.22 Å². The van der Waals surface area contributed by atoms with Gasteiger partial charge in [0.05, 0.1) is 17.4 Å². The minimum atomic E-state index is -1.06. The molecular formula is C12H8ClNO4. The molecule has 92 valence electrons. The second kappa shape index (κ2) is 4.93. The number of aromatic carboxylic acids is 1. The van der Waals surface area contributed by atoms with Crippen LogP contribution in [0.1, 0.15) is 20.7 Å².